The second kappa shape index (κ2) is 9.07. The molecule has 1 atom stereocenters. The van der Waals surface area contributed by atoms with Gasteiger partial charge >= 0.3 is 0 Å². The van der Waals surface area contributed by atoms with Crippen LogP contribution in [0, 0.1) is 0 Å². The van der Waals surface area contributed by atoms with Crippen molar-refractivity contribution in [2.24, 2.45) is 0 Å². The highest BCUT2D eigenvalue weighted by molar-refractivity contribution is 6.06. The van der Waals surface area contributed by atoms with E-state index in [1.807, 2.05) is 12.1 Å². The Labute approximate surface area is 190 Å². The first-order chi connectivity index (χ1) is 16.0. The van der Waals surface area contributed by atoms with Crippen LogP contribution in [0.15, 0.2) is 47.7 Å². The average Bonchev–Trinajstić information content (AvgIpc) is 3.30. The molecule has 1 aliphatic heterocycles. The zero-order chi connectivity index (χ0) is 23.5. The summed E-state index contributed by atoms with van der Waals surface area (Å²) in [5.41, 5.74) is 2.22. The monoisotopic (exact) mass is 452 g/mol. The number of carbonyl (C=O) groups excluding carboxylic acids is 1. The number of aromatic nitrogens is 4. The minimum atomic E-state index is -0.667. The van der Waals surface area contributed by atoms with E-state index in [9.17, 15) is 4.79 Å². The number of hydrogen-bond donors (Lipinski definition) is 2. The topological polar surface area (TPSA) is 122 Å². The third-order valence-electron chi connectivity index (χ3n) is 5.32. The van der Waals surface area contributed by atoms with E-state index in [4.69, 9.17) is 18.9 Å². The number of nitrogens with one attached hydrogen (secondary N) is 2. The van der Waals surface area contributed by atoms with E-state index in [0.717, 1.165) is 0 Å². The number of methoxy groups -OCH3 is 4. The van der Waals surface area contributed by atoms with Gasteiger partial charge in [0.2, 0.25) is 11.7 Å². The molecular formula is C22H24N6O5. The van der Waals surface area contributed by atoms with Crippen LogP contribution in [-0.4, -0.2) is 54.6 Å². The lowest BCUT2D eigenvalue weighted by Crippen LogP contribution is -2.31. The molecule has 2 aromatic carbocycles. The van der Waals surface area contributed by atoms with Gasteiger partial charge in [0.15, 0.2) is 11.5 Å². The molecule has 0 saturated heterocycles. The number of allylic oxidation sites excluding steroid dienone is 1. The SMILES string of the molecule is COc1ccccc1NC(=O)C1=C(C)Nc2nnnn2C1c1cc(OC)c(OC)c(OC)c1. The van der Waals surface area contributed by atoms with E-state index in [0.29, 0.717) is 51.5 Å². The van der Waals surface area contributed by atoms with Gasteiger partial charge in [-0.05, 0) is 47.2 Å². The fourth-order valence-electron chi connectivity index (χ4n) is 3.81. The molecule has 0 spiro atoms. The first-order valence-corrected chi connectivity index (χ1v) is 10.0. The third-order valence-corrected chi connectivity index (χ3v) is 5.32. The highest BCUT2D eigenvalue weighted by Gasteiger charge is 2.35. The molecule has 11 heteroatoms. The molecule has 0 aliphatic carbocycles. The zero-order valence-electron chi connectivity index (χ0n) is 18.9. The number of benzene rings is 2. The molecular weight excluding hydrogens is 428 g/mol. The van der Waals surface area contributed by atoms with Crippen LogP contribution in [-0.2, 0) is 4.79 Å². The van der Waals surface area contributed by atoms with E-state index in [1.165, 1.54) is 26.0 Å². The van der Waals surface area contributed by atoms with Gasteiger partial charge in [0, 0.05) is 5.70 Å². The van der Waals surface area contributed by atoms with Crippen LogP contribution in [0.25, 0.3) is 0 Å². The van der Waals surface area contributed by atoms with Gasteiger partial charge in [0.05, 0.1) is 39.7 Å². The van der Waals surface area contributed by atoms with Gasteiger partial charge in [-0.3, -0.25) is 4.79 Å². The summed E-state index contributed by atoms with van der Waals surface area (Å²) >= 11 is 0. The maximum Gasteiger partial charge on any atom is 0.255 e. The predicted octanol–water partition coefficient (Wildman–Crippen LogP) is 2.64. The number of nitrogens with zero attached hydrogens (tertiary/aromatic N) is 4. The quantitative estimate of drug-likeness (QED) is 0.557. The summed E-state index contributed by atoms with van der Waals surface area (Å²) in [4.78, 5) is 13.6. The van der Waals surface area contributed by atoms with Gasteiger partial charge in [0.25, 0.3) is 5.91 Å². The van der Waals surface area contributed by atoms with Crippen LogP contribution < -0.4 is 29.6 Å². The number of ether oxygens (including phenoxy) is 4. The third kappa shape index (κ3) is 3.88. The van der Waals surface area contributed by atoms with Crippen molar-refractivity contribution in [2.45, 2.75) is 13.0 Å². The largest absolute Gasteiger partial charge is 0.495 e. The second-order valence-electron chi connectivity index (χ2n) is 7.13. The highest BCUT2D eigenvalue weighted by Crippen LogP contribution is 2.43. The van der Waals surface area contributed by atoms with Crippen molar-refractivity contribution in [1.82, 2.24) is 20.2 Å². The van der Waals surface area contributed by atoms with Crippen molar-refractivity contribution in [1.29, 1.82) is 0 Å². The van der Waals surface area contributed by atoms with Gasteiger partial charge in [-0.2, -0.15) is 4.68 Å². The van der Waals surface area contributed by atoms with Crippen LogP contribution >= 0.6 is 0 Å². The molecule has 0 bridgehead atoms. The molecule has 33 heavy (non-hydrogen) atoms. The van der Waals surface area contributed by atoms with E-state index in [2.05, 4.69) is 26.2 Å². The predicted molar refractivity (Wildman–Crippen MR) is 120 cm³/mol. The lowest BCUT2D eigenvalue weighted by atomic mass is 9.94. The molecule has 11 nitrogen and oxygen atoms in total. The fraction of sp³-hybridized carbons (Fsp3) is 0.273. The second-order valence-corrected chi connectivity index (χ2v) is 7.13. The molecule has 0 saturated carbocycles. The number of rotatable bonds is 7. The lowest BCUT2D eigenvalue weighted by Gasteiger charge is -2.28. The number of anilines is 2. The minimum Gasteiger partial charge on any atom is -0.495 e. The highest BCUT2D eigenvalue weighted by atomic mass is 16.5. The van der Waals surface area contributed by atoms with E-state index in [1.54, 1.807) is 38.3 Å². The van der Waals surface area contributed by atoms with Crippen molar-refractivity contribution >= 4 is 17.5 Å². The number of tetrazole rings is 1. The Morgan fingerprint density at radius 1 is 1.00 bits per heavy atom. The van der Waals surface area contributed by atoms with Crippen LogP contribution in [0.2, 0.25) is 0 Å². The van der Waals surface area contributed by atoms with Crippen molar-refractivity contribution in [3.63, 3.8) is 0 Å². The van der Waals surface area contributed by atoms with Crippen molar-refractivity contribution in [2.75, 3.05) is 39.1 Å². The van der Waals surface area contributed by atoms with E-state index >= 15 is 0 Å². The smallest absolute Gasteiger partial charge is 0.255 e. The normalized spacial score (nSPS) is 14.8. The fourth-order valence-corrected chi connectivity index (χ4v) is 3.81. The van der Waals surface area contributed by atoms with Crippen LogP contribution in [0.1, 0.15) is 18.5 Å². The Balaban J connectivity index is 1.84. The van der Waals surface area contributed by atoms with Crippen molar-refractivity contribution < 1.29 is 23.7 Å². The first-order valence-electron chi connectivity index (χ1n) is 10.0. The summed E-state index contributed by atoms with van der Waals surface area (Å²) < 4.78 is 23.4. The van der Waals surface area contributed by atoms with E-state index < -0.39 is 6.04 Å². The maximum atomic E-state index is 13.6. The Kier molecular flexibility index (Phi) is 6.03. The number of hydrogen-bond acceptors (Lipinski definition) is 9. The molecule has 2 N–H and O–H groups in total. The van der Waals surface area contributed by atoms with E-state index in [-0.39, 0.29) is 5.91 Å². The molecule has 1 unspecified atom stereocenters. The molecule has 4 rings (SSSR count). The van der Waals surface area contributed by atoms with Gasteiger partial charge in [0.1, 0.15) is 11.8 Å². The standard InChI is InChI=1S/C22H24N6O5/c1-12-18(21(29)24-14-8-6-7-9-15(14)30-2)19(28-22(23-12)25-26-27-28)13-10-16(31-3)20(33-5)17(11-13)32-4/h6-11,19H,1-5H3,(H,24,29)(H,23,25,27). The van der Waals surface area contributed by atoms with Crippen LogP contribution in [0.3, 0.4) is 0 Å². The van der Waals surface area contributed by atoms with Gasteiger partial charge in [-0.1, -0.05) is 17.2 Å². The molecule has 1 amide bonds. The first kappa shape index (κ1) is 21.9. The maximum absolute atomic E-state index is 13.6. The van der Waals surface area contributed by atoms with Gasteiger partial charge in [-0.15, -0.1) is 0 Å². The number of para-hydroxylation sites is 2. The van der Waals surface area contributed by atoms with Crippen molar-refractivity contribution in [3.05, 3.63) is 53.2 Å². The molecule has 0 radical (unpaired) electrons. The average molecular weight is 452 g/mol. The van der Waals surface area contributed by atoms with Crippen molar-refractivity contribution in [3.8, 4) is 23.0 Å². The molecule has 3 aromatic rings. The lowest BCUT2D eigenvalue weighted by molar-refractivity contribution is -0.113. The molecule has 172 valence electrons. The summed E-state index contributed by atoms with van der Waals surface area (Å²) in [7, 11) is 6.13. The summed E-state index contributed by atoms with van der Waals surface area (Å²) in [5.74, 6) is 1.93. The number of carbonyl (C=O) groups is 1. The van der Waals surface area contributed by atoms with Crippen LogP contribution in [0.4, 0.5) is 11.6 Å². The number of fused-ring (bicyclic) bond motifs is 1. The Bertz CT molecular complexity index is 1200. The summed E-state index contributed by atoms with van der Waals surface area (Å²) in [6.45, 7) is 1.79. The van der Waals surface area contributed by atoms with Crippen LogP contribution in [0.5, 0.6) is 23.0 Å². The number of amides is 1. The summed E-state index contributed by atoms with van der Waals surface area (Å²) in [6, 6.07) is 10.0. The zero-order valence-corrected chi connectivity index (χ0v) is 18.9. The molecule has 1 aliphatic rings. The Morgan fingerprint density at radius 3 is 2.30 bits per heavy atom. The molecule has 1 aromatic heterocycles. The summed E-state index contributed by atoms with van der Waals surface area (Å²) in [5, 5.41) is 17.9. The minimum absolute atomic E-state index is 0.343. The Hall–Kier alpha value is -4.28. The van der Waals surface area contributed by atoms with Gasteiger partial charge < -0.3 is 29.6 Å². The summed E-state index contributed by atoms with van der Waals surface area (Å²) in [6.07, 6.45) is 0. The Morgan fingerprint density at radius 2 is 1.67 bits per heavy atom. The van der Waals surface area contributed by atoms with Gasteiger partial charge in [-0.25, -0.2) is 0 Å². The molecule has 2 heterocycles. The molecule has 0 fully saturated rings.